The first-order valence-electron chi connectivity index (χ1n) is 9.06. The van der Waals surface area contributed by atoms with Crippen LogP contribution in [0.1, 0.15) is 18.5 Å². The molecular formula is C20H24N4O2. The summed E-state index contributed by atoms with van der Waals surface area (Å²) in [5.74, 6) is 0.967. The number of hydrogen-bond donors (Lipinski definition) is 0. The fraction of sp³-hybridized carbons (Fsp3) is 0.400. The van der Waals surface area contributed by atoms with Crippen LogP contribution in [0.3, 0.4) is 0 Å². The Bertz CT molecular complexity index is 967. The largest absolute Gasteiger partial charge is 0.490 e. The Labute approximate surface area is 152 Å². The van der Waals surface area contributed by atoms with Gasteiger partial charge in [-0.05, 0) is 37.1 Å². The van der Waals surface area contributed by atoms with Crippen LogP contribution in [0.5, 0.6) is 5.75 Å². The van der Waals surface area contributed by atoms with Gasteiger partial charge in [0.25, 0.3) is 0 Å². The molecule has 6 nitrogen and oxygen atoms in total. The summed E-state index contributed by atoms with van der Waals surface area (Å²) in [5.41, 5.74) is 1.83. The number of rotatable bonds is 4. The molecule has 1 fully saturated rings. The monoisotopic (exact) mass is 352 g/mol. The van der Waals surface area contributed by atoms with Crippen LogP contribution in [-0.2, 0) is 20.6 Å². The maximum atomic E-state index is 11.7. The molecule has 3 aromatic rings. The fourth-order valence-corrected chi connectivity index (χ4v) is 3.56. The summed E-state index contributed by atoms with van der Waals surface area (Å²) in [6.07, 6.45) is 6.04. The van der Waals surface area contributed by atoms with Crippen molar-refractivity contribution in [3.05, 3.63) is 58.9 Å². The zero-order valence-electron chi connectivity index (χ0n) is 15.3. The zero-order valence-corrected chi connectivity index (χ0v) is 15.3. The second-order valence-corrected chi connectivity index (χ2v) is 7.02. The second-order valence-electron chi connectivity index (χ2n) is 7.02. The minimum absolute atomic E-state index is 0.198. The van der Waals surface area contributed by atoms with Gasteiger partial charge in [0.05, 0.1) is 11.2 Å². The molecule has 1 saturated heterocycles. The minimum Gasteiger partial charge on any atom is -0.490 e. The van der Waals surface area contributed by atoms with Gasteiger partial charge in [-0.1, -0.05) is 6.07 Å². The van der Waals surface area contributed by atoms with E-state index in [-0.39, 0.29) is 11.8 Å². The van der Waals surface area contributed by atoms with Crippen molar-refractivity contribution in [3.8, 4) is 5.75 Å². The third kappa shape index (κ3) is 3.37. The number of hydrogen-bond acceptors (Lipinski definition) is 4. The maximum Gasteiger partial charge on any atom is 0.347 e. The SMILES string of the molecule is Cn1ccc(CN2CCC(Oc3cccc4c3ccn4C)CC2)nc1=O. The predicted octanol–water partition coefficient (Wildman–Crippen LogP) is 2.32. The van der Waals surface area contributed by atoms with Crippen molar-refractivity contribution in [2.75, 3.05) is 13.1 Å². The van der Waals surface area contributed by atoms with E-state index < -0.39 is 0 Å². The van der Waals surface area contributed by atoms with Crippen LogP contribution in [0.2, 0.25) is 0 Å². The Morgan fingerprint density at radius 1 is 1.08 bits per heavy atom. The highest BCUT2D eigenvalue weighted by molar-refractivity contribution is 5.86. The molecule has 0 radical (unpaired) electrons. The Kier molecular flexibility index (Phi) is 4.51. The molecule has 0 saturated carbocycles. The van der Waals surface area contributed by atoms with Gasteiger partial charge in [0.2, 0.25) is 0 Å². The van der Waals surface area contributed by atoms with Crippen molar-refractivity contribution in [2.24, 2.45) is 14.1 Å². The summed E-state index contributed by atoms with van der Waals surface area (Å²) >= 11 is 0. The number of ether oxygens (including phenoxy) is 1. The van der Waals surface area contributed by atoms with Crippen LogP contribution < -0.4 is 10.4 Å². The molecule has 0 unspecified atom stereocenters. The smallest absolute Gasteiger partial charge is 0.347 e. The molecule has 0 aliphatic carbocycles. The average molecular weight is 352 g/mol. The summed E-state index contributed by atoms with van der Waals surface area (Å²) in [7, 11) is 3.77. The van der Waals surface area contributed by atoms with E-state index in [2.05, 4.69) is 45.9 Å². The van der Waals surface area contributed by atoms with Crippen molar-refractivity contribution < 1.29 is 4.74 Å². The molecule has 0 amide bonds. The van der Waals surface area contributed by atoms with E-state index in [1.807, 2.05) is 12.1 Å². The van der Waals surface area contributed by atoms with Gasteiger partial charge in [0.15, 0.2) is 0 Å². The maximum absolute atomic E-state index is 11.7. The Morgan fingerprint density at radius 3 is 2.62 bits per heavy atom. The number of nitrogens with zero attached hydrogens (tertiary/aromatic N) is 4. The van der Waals surface area contributed by atoms with E-state index in [1.54, 1.807) is 13.2 Å². The fourth-order valence-electron chi connectivity index (χ4n) is 3.56. The van der Waals surface area contributed by atoms with E-state index in [1.165, 1.54) is 15.5 Å². The van der Waals surface area contributed by atoms with Crippen molar-refractivity contribution in [3.63, 3.8) is 0 Å². The lowest BCUT2D eigenvalue weighted by molar-refractivity contribution is 0.0972. The summed E-state index contributed by atoms with van der Waals surface area (Å²) in [6.45, 7) is 2.62. The standard InChI is InChI=1S/C20H24N4O2/c1-22-11-9-17-18(22)4-3-5-19(17)26-16-7-12-24(13-8-16)14-15-6-10-23(2)20(25)21-15/h3-6,9-11,16H,7-8,12-14H2,1-2H3. The van der Waals surface area contributed by atoms with Gasteiger partial charge < -0.3 is 13.9 Å². The van der Waals surface area contributed by atoms with Crippen molar-refractivity contribution in [1.29, 1.82) is 0 Å². The van der Waals surface area contributed by atoms with Crippen LogP contribution in [-0.4, -0.2) is 38.2 Å². The molecule has 1 aliphatic rings. The molecular weight excluding hydrogens is 328 g/mol. The molecule has 3 heterocycles. The number of fused-ring (bicyclic) bond motifs is 1. The predicted molar refractivity (Wildman–Crippen MR) is 101 cm³/mol. The van der Waals surface area contributed by atoms with E-state index in [0.29, 0.717) is 0 Å². The van der Waals surface area contributed by atoms with Crippen molar-refractivity contribution in [1.82, 2.24) is 19.0 Å². The van der Waals surface area contributed by atoms with E-state index in [4.69, 9.17) is 4.74 Å². The Hall–Kier alpha value is -2.60. The van der Waals surface area contributed by atoms with E-state index in [9.17, 15) is 4.79 Å². The highest BCUT2D eigenvalue weighted by Crippen LogP contribution is 2.28. The molecule has 26 heavy (non-hydrogen) atoms. The first-order chi connectivity index (χ1) is 12.6. The number of piperidine rings is 1. The summed E-state index contributed by atoms with van der Waals surface area (Å²) < 4.78 is 9.91. The average Bonchev–Trinajstić information content (AvgIpc) is 3.02. The van der Waals surface area contributed by atoms with Crippen LogP contribution in [0.25, 0.3) is 10.9 Å². The van der Waals surface area contributed by atoms with Gasteiger partial charge in [-0.25, -0.2) is 4.79 Å². The lowest BCUT2D eigenvalue weighted by Crippen LogP contribution is -2.38. The first kappa shape index (κ1) is 16.8. The van der Waals surface area contributed by atoms with Gasteiger partial charge >= 0.3 is 5.69 Å². The van der Waals surface area contributed by atoms with Gasteiger partial charge in [-0.15, -0.1) is 0 Å². The van der Waals surface area contributed by atoms with Crippen LogP contribution >= 0.6 is 0 Å². The molecule has 136 valence electrons. The second kappa shape index (κ2) is 6.96. The van der Waals surface area contributed by atoms with Crippen LogP contribution in [0.15, 0.2) is 47.5 Å². The molecule has 0 atom stereocenters. The lowest BCUT2D eigenvalue weighted by atomic mass is 10.1. The first-order valence-corrected chi connectivity index (χ1v) is 9.06. The van der Waals surface area contributed by atoms with Gasteiger partial charge in [0.1, 0.15) is 11.9 Å². The van der Waals surface area contributed by atoms with Gasteiger partial charge in [-0.3, -0.25) is 4.90 Å². The number of aryl methyl sites for hydroxylation is 2. The number of aromatic nitrogens is 3. The Morgan fingerprint density at radius 2 is 1.85 bits per heavy atom. The Balaban J connectivity index is 1.37. The summed E-state index contributed by atoms with van der Waals surface area (Å²) in [6, 6.07) is 10.2. The molecule has 1 aromatic carbocycles. The molecule has 6 heteroatoms. The summed E-state index contributed by atoms with van der Waals surface area (Å²) in [4.78, 5) is 18.1. The van der Waals surface area contributed by atoms with Crippen molar-refractivity contribution >= 4 is 10.9 Å². The zero-order chi connectivity index (χ0) is 18.1. The third-order valence-corrected chi connectivity index (χ3v) is 5.13. The molecule has 1 aliphatic heterocycles. The van der Waals surface area contributed by atoms with Crippen LogP contribution in [0, 0.1) is 0 Å². The highest BCUT2D eigenvalue weighted by Gasteiger charge is 2.21. The van der Waals surface area contributed by atoms with Gasteiger partial charge in [0, 0.05) is 51.5 Å². The van der Waals surface area contributed by atoms with E-state index in [0.717, 1.165) is 43.9 Å². The third-order valence-electron chi connectivity index (χ3n) is 5.13. The minimum atomic E-state index is -0.198. The summed E-state index contributed by atoms with van der Waals surface area (Å²) in [5, 5.41) is 1.17. The molecule has 2 aromatic heterocycles. The van der Waals surface area contributed by atoms with Crippen LogP contribution in [0.4, 0.5) is 0 Å². The normalized spacial score (nSPS) is 16.2. The number of benzene rings is 1. The van der Waals surface area contributed by atoms with Gasteiger partial charge in [-0.2, -0.15) is 4.98 Å². The molecule has 0 bridgehead atoms. The lowest BCUT2D eigenvalue weighted by Gasteiger charge is -2.32. The highest BCUT2D eigenvalue weighted by atomic mass is 16.5. The topological polar surface area (TPSA) is 52.3 Å². The van der Waals surface area contributed by atoms with E-state index >= 15 is 0 Å². The quantitative estimate of drug-likeness (QED) is 0.723. The molecule has 0 N–H and O–H groups in total. The molecule has 0 spiro atoms. The van der Waals surface area contributed by atoms with Crippen molar-refractivity contribution in [2.45, 2.75) is 25.5 Å². The molecule has 4 rings (SSSR count). The number of likely N-dealkylation sites (tertiary alicyclic amines) is 1.